The molecule has 0 aliphatic carbocycles. The van der Waals surface area contributed by atoms with Gasteiger partial charge in [0.1, 0.15) is 5.52 Å². The summed E-state index contributed by atoms with van der Waals surface area (Å²) in [4.78, 5) is 12.3. The molecule has 0 fully saturated rings. The summed E-state index contributed by atoms with van der Waals surface area (Å²) in [6, 6.07) is 20.6. The van der Waals surface area contributed by atoms with Crippen LogP contribution in [0.4, 0.5) is 0 Å². The number of aromatic nitrogens is 3. The lowest BCUT2D eigenvalue weighted by Crippen LogP contribution is -1.83. The van der Waals surface area contributed by atoms with Crippen molar-refractivity contribution in [3.8, 4) is 22.4 Å². The zero-order valence-corrected chi connectivity index (χ0v) is 11.3. The second-order valence-corrected chi connectivity index (χ2v) is 4.86. The molecule has 0 spiro atoms. The fourth-order valence-corrected chi connectivity index (χ4v) is 2.62. The van der Waals surface area contributed by atoms with Crippen molar-refractivity contribution in [1.82, 2.24) is 15.0 Å². The molecule has 0 aliphatic rings. The first-order valence-corrected chi connectivity index (χ1v) is 6.87. The van der Waals surface area contributed by atoms with E-state index in [0.29, 0.717) is 0 Å². The Hall–Kier alpha value is -2.94. The molecule has 0 saturated carbocycles. The lowest BCUT2D eigenvalue weighted by Gasteiger charge is -2.04. The van der Waals surface area contributed by atoms with Gasteiger partial charge in [0.05, 0.1) is 5.69 Å². The van der Waals surface area contributed by atoms with E-state index in [2.05, 4.69) is 39.2 Å². The quantitative estimate of drug-likeness (QED) is 0.591. The second kappa shape index (κ2) is 4.87. The molecule has 0 amide bonds. The number of hydrogen-bond donors (Lipinski definition) is 1. The number of hydrogen-bond acceptors (Lipinski definition) is 2. The SMILES string of the molecule is c1ccc(-c2[nH]c3nccnc3c2-c2ccccc2)cc1. The molecule has 0 radical (unpaired) electrons. The highest BCUT2D eigenvalue weighted by molar-refractivity contribution is 5.99. The van der Waals surface area contributed by atoms with Gasteiger partial charge < -0.3 is 4.98 Å². The fraction of sp³-hybridized carbons (Fsp3) is 0. The highest BCUT2D eigenvalue weighted by atomic mass is 14.9. The maximum Gasteiger partial charge on any atom is 0.157 e. The minimum Gasteiger partial charge on any atom is -0.337 e. The molecule has 2 aromatic carbocycles. The minimum atomic E-state index is 0.815. The predicted octanol–water partition coefficient (Wildman–Crippen LogP) is 4.29. The molecular formula is C18H13N3. The second-order valence-electron chi connectivity index (χ2n) is 4.86. The smallest absolute Gasteiger partial charge is 0.157 e. The van der Waals surface area contributed by atoms with E-state index in [9.17, 15) is 0 Å². The van der Waals surface area contributed by atoms with Gasteiger partial charge in [-0.2, -0.15) is 0 Å². The Morgan fingerprint density at radius 3 is 2.00 bits per heavy atom. The van der Waals surface area contributed by atoms with Gasteiger partial charge in [-0.15, -0.1) is 0 Å². The maximum absolute atomic E-state index is 4.51. The van der Waals surface area contributed by atoms with Crippen LogP contribution < -0.4 is 0 Å². The first-order chi connectivity index (χ1) is 10.4. The van der Waals surface area contributed by atoms with Gasteiger partial charge in [-0.25, -0.2) is 4.98 Å². The molecule has 2 aromatic heterocycles. The fourth-order valence-electron chi connectivity index (χ4n) is 2.62. The lowest BCUT2D eigenvalue weighted by molar-refractivity contribution is 1.26. The van der Waals surface area contributed by atoms with Gasteiger partial charge in [-0.1, -0.05) is 60.7 Å². The normalized spacial score (nSPS) is 10.9. The molecule has 0 saturated heterocycles. The number of nitrogens with one attached hydrogen (secondary N) is 1. The minimum absolute atomic E-state index is 0.815. The van der Waals surface area contributed by atoms with Gasteiger partial charge in [-0.3, -0.25) is 4.98 Å². The Labute approximate surface area is 122 Å². The third kappa shape index (κ3) is 1.99. The van der Waals surface area contributed by atoms with Crippen LogP contribution in [-0.4, -0.2) is 15.0 Å². The number of aromatic amines is 1. The number of benzene rings is 2. The number of nitrogens with zero attached hydrogens (tertiary/aromatic N) is 2. The van der Waals surface area contributed by atoms with Crippen LogP contribution in [0.1, 0.15) is 0 Å². The summed E-state index contributed by atoms with van der Waals surface area (Å²) >= 11 is 0. The van der Waals surface area contributed by atoms with E-state index in [1.807, 2.05) is 36.4 Å². The van der Waals surface area contributed by atoms with Crippen molar-refractivity contribution >= 4 is 11.2 Å². The molecule has 4 aromatic rings. The van der Waals surface area contributed by atoms with E-state index >= 15 is 0 Å². The molecule has 0 aliphatic heterocycles. The Morgan fingerprint density at radius 1 is 0.667 bits per heavy atom. The summed E-state index contributed by atoms with van der Waals surface area (Å²) < 4.78 is 0. The van der Waals surface area contributed by atoms with E-state index in [1.54, 1.807) is 12.4 Å². The van der Waals surface area contributed by atoms with Crippen LogP contribution >= 0.6 is 0 Å². The van der Waals surface area contributed by atoms with Crippen molar-refractivity contribution in [2.45, 2.75) is 0 Å². The molecule has 0 bridgehead atoms. The van der Waals surface area contributed by atoms with Crippen LogP contribution in [0.15, 0.2) is 73.1 Å². The zero-order chi connectivity index (χ0) is 14.1. The summed E-state index contributed by atoms with van der Waals surface area (Å²) in [5.41, 5.74) is 6.16. The number of H-pyrrole nitrogens is 1. The van der Waals surface area contributed by atoms with Crippen molar-refractivity contribution in [3.63, 3.8) is 0 Å². The van der Waals surface area contributed by atoms with Gasteiger partial charge in [0.25, 0.3) is 0 Å². The van der Waals surface area contributed by atoms with Crippen LogP contribution in [0.3, 0.4) is 0 Å². The molecule has 0 unspecified atom stereocenters. The highest BCUT2D eigenvalue weighted by Crippen LogP contribution is 2.36. The molecule has 1 N–H and O–H groups in total. The van der Waals surface area contributed by atoms with Gasteiger partial charge >= 0.3 is 0 Å². The van der Waals surface area contributed by atoms with Gasteiger partial charge in [0.2, 0.25) is 0 Å². The third-order valence-corrected chi connectivity index (χ3v) is 3.55. The first kappa shape index (κ1) is 11.9. The van der Waals surface area contributed by atoms with Crippen LogP contribution in [-0.2, 0) is 0 Å². The molecule has 0 atom stereocenters. The van der Waals surface area contributed by atoms with Crippen LogP contribution in [0.5, 0.6) is 0 Å². The average Bonchev–Trinajstić information content (AvgIpc) is 2.96. The molecule has 2 heterocycles. The molecule has 4 rings (SSSR count). The topological polar surface area (TPSA) is 41.6 Å². The Balaban J connectivity index is 2.07. The largest absolute Gasteiger partial charge is 0.337 e. The summed E-state index contributed by atoms with van der Waals surface area (Å²) in [7, 11) is 0. The van der Waals surface area contributed by atoms with E-state index in [4.69, 9.17) is 0 Å². The van der Waals surface area contributed by atoms with Crippen LogP contribution in [0, 0.1) is 0 Å². The van der Waals surface area contributed by atoms with E-state index in [0.717, 1.165) is 33.5 Å². The molecule has 3 nitrogen and oxygen atoms in total. The average molecular weight is 271 g/mol. The van der Waals surface area contributed by atoms with E-state index < -0.39 is 0 Å². The number of fused-ring (bicyclic) bond motifs is 1. The summed E-state index contributed by atoms with van der Waals surface area (Å²) in [6.07, 6.45) is 3.44. The zero-order valence-electron chi connectivity index (χ0n) is 11.3. The van der Waals surface area contributed by atoms with Crippen molar-refractivity contribution in [2.24, 2.45) is 0 Å². The van der Waals surface area contributed by atoms with Crippen LogP contribution in [0.25, 0.3) is 33.5 Å². The molecule has 100 valence electrons. The Kier molecular flexibility index (Phi) is 2.75. The summed E-state index contributed by atoms with van der Waals surface area (Å²) in [5, 5.41) is 0. The van der Waals surface area contributed by atoms with Gasteiger partial charge in [0, 0.05) is 18.0 Å². The molecular weight excluding hydrogens is 258 g/mol. The summed E-state index contributed by atoms with van der Waals surface area (Å²) in [6.45, 7) is 0. The Morgan fingerprint density at radius 2 is 1.29 bits per heavy atom. The number of rotatable bonds is 2. The monoisotopic (exact) mass is 271 g/mol. The predicted molar refractivity (Wildman–Crippen MR) is 84.8 cm³/mol. The molecule has 21 heavy (non-hydrogen) atoms. The standard InChI is InChI=1S/C18H13N3/c1-3-7-13(8-4-1)15-16(14-9-5-2-6-10-14)21-18-17(15)19-11-12-20-18/h1-12H,(H,20,21). The van der Waals surface area contributed by atoms with Gasteiger partial charge in [-0.05, 0) is 11.1 Å². The van der Waals surface area contributed by atoms with E-state index in [1.165, 1.54) is 0 Å². The third-order valence-electron chi connectivity index (χ3n) is 3.55. The van der Waals surface area contributed by atoms with E-state index in [-0.39, 0.29) is 0 Å². The van der Waals surface area contributed by atoms with Crippen LogP contribution in [0.2, 0.25) is 0 Å². The van der Waals surface area contributed by atoms with Crippen molar-refractivity contribution in [1.29, 1.82) is 0 Å². The molecule has 3 heteroatoms. The van der Waals surface area contributed by atoms with Crippen molar-refractivity contribution < 1.29 is 0 Å². The van der Waals surface area contributed by atoms with Crippen molar-refractivity contribution in [3.05, 3.63) is 73.1 Å². The van der Waals surface area contributed by atoms with Crippen molar-refractivity contribution in [2.75, 3.05) is 0 Å². The maximum atomic E-state index is 4.51. The van der Waals surface area contributed by atoms with Gasteiger partial charge in [0.15, 0.2) is 5.65 Å². The Bertz CT molecular complexity index is 880. The first-order valence-electron chi connectivity index (χ1n) is 6.87. The highest BCUT2D eigenvalue weighted by Gasteiger charge is 2.16. The lowest BCUT2D eigenvalue weighted by atomic mass is 10.0. The summed E-state index contributed by atoms with van der Waals surface area (Å²) in [5.74, 6) is 0.